The highest BCUT2D eigenvalue weighted by atomic mass is 32.1. The topological polar surface area (TPSA) is 198 Å². The normalized spacial score (nSPS) is 24.5. The van der Waals surface area contributed by atoms with Gasteiger partial charge in [-0.15, -0.1) is 11.3 Å². The van der Waals surface area contributed by atoms with E-state index in [4.69, 9.17) is 20.6 Å². The maximum atomic E-state index is 12.7. The summed E-state index contributed by atoms with van der Waals surface area (Å²) in [5.41, 5.74) is 7.38. The van der Waals surface area contributed by atoms with Crippen LogP contribution in [0.5, 0.6) is 5.88 Å². The molecule has 2 aliphatic carbocycles. The number of likely N-dealkylation sites (N-methyl/N-ethyl adjacent to an activating group) is 2. The number of allylic oxidation sites excluding steroid dienone is 1. The average molecular weight is 674 g/mol. The van der Waals surface area contributed by atoms with Crippen LogP contribution in [0, 0.1) is 22.1 Å². The summed E-state index contributed by atoms with van der Waals surface area (Å²) >= 11 is 1.43. The van der Waals surface area contributed by atoms with Gasteiger partial charge >= 0.3 is 0 Å². The minimum absolute atomic E-state index is 0.00409. The van der Waals surface area contributed by atoms with E-state index < -0.39 is 11.3 Å². The number of hydrogen-bond acceptors (Lipinski definition) is 13. The first-order chi connectivity index (χ1) is 23.0. The zero-order valence-corrected chi connectivity index (χ0v) is 28.5. The second kappa shape index (κ2) is 13.7. The van der Waals surface area contributed by atoms with E-state index in [2.05, 4.69) is 33.3 Å². The monoisotopic (exact) mass is 673 g/mol. The molecule has 6 rings (SSSR count). The number of rotatable bonds is 9. The number of amides is 1. The van der Waals surface area contributed by atoms with Gasteiger partial charge in [0.05, 0.1) is 24.8 Å². The molecule has 3 fully saturated rings. The second-order valence-corrected chi connectivity index (χ2v) is 14.3. The van der Waals surface area contributed by atoms with E-state index in [0.717, 1.165) is 42.7 Å². The Hall–Kier alpha value is -4.32. The van der Waals surface area contributed by atoms with Crippen LogP contribution in [-0.4, -0.2) is 94.2 Å². The van der Waals surface area contributed by atoms with E-state index in [-0.39, 0.29) is 47.1 Å². The predicted molar refractivity (Wildman–Crippen MR) is 185 cm³/mol. The number of aliphatic hydroxyl groups is 1. The lowest BCUT2D eigenvalue weighted by Gasteiger charge is -2.42. The maximum Gasteiger partial charge on any atom is 0.271 e. The van der Waals surface area contributed by atoms with Crippen molar-refractivity contribution < 1.29 is 19.4 Å². The number of nitriles is 1. The van der Waals surface area contributed by atoms with Crippen molar-refractivity contribution in [3.05, 3.63) is 45.7 Å². The fourth-order valence-corrected chi connectivity index (χ4v) is 8.65. The van der Waals surface area contributed by atoms with Crippen molar-refractivity contribution in [1.29, 1.82) is 16.1 Å². The number of fused-ring (bicyclic) bond motifs is 2. The summed E-state index contributed by atoms with van der Waals surface area (Å²) in [4.78, 5) is 26.7. The molecule has 254 valence electrons. The van der Waals surface area contributed by atoms with Crippen molar-refractivity contribution >= 4 is 45.2 Å². The summed E-state index contributed by atoms with van der Waals surface area (Å²) in [7, 11) is 3.73. The first-order valence-electron chi connectivity index (χ1n) is 16.5. The lowest BCUT2D eigenvalue weighted by Crippen LogP contribution is -2.51. The lowest BCUT2D eigenvalue weighted by molar-refractivity contribution is -0.134. The van der Waals surface area contributed by atoms with Crippen LogP contribution in [0.1, 0.15) is 73.7 Å². The van der Waals surface area contributed by atoms with Crippen molar-refractivity contribution in [3.8, 4) is 11.9 Å². The molecule has 3 atom stereocenters. The summed E-state index contributed by atoms with van der Waals surface area (Å²) in [6.45, 7) is 3.90. The van der Waals surface area contributed by atoms with Gasteiger partial charge < -0.3 is 35.9 Å². The largest absolute Gasteiger partial charge is 0.504 e. The molecule has 4 heterocycles. The highest BCUT2D eigenvalue weighted by molar-refractivity contribution is 7.16. The molecule has 13 nitrogen and oxygen atoms in total. The zero-order valence-electron chi connectivity index (χ0n) is 27.6. The number of likely N-dealkylation sites (tertiary alicyclic amines) is 1. The van der Waals surface area contributed by atoms with Crippen LogP contribution >= 0.6 is 11.3 Å². The van der Waals surface area contributed by atoms with Crippen LogP contribution in [0.15, 0.2) is 23.9 Å². The molecule has 2 aromatic heterocycles. The highest BCUT2D eigenvalue weighted by Crippen LogP contribution is 2.52. The van der Waals surface area contributed by atoms with Gasteiger partial charge in [0.1, 0.15) is 28.7 Å². The van der Waals surface area contributed by atoms with Crippen LogP contribution in [0.25, 0.3) is 5.76 Å². The molecule has 0 unspecified atom stereocenters. The fraction of sp³-hybridized carbons (Fsp3) is 0.529. The number of nitrogen functional groups attached to an aromatic ring is 1. The standard InChI is InChI=1S/C34H43N9O4S/c1-19(24-8-6-14-42(24)2)47-27-15-26(39-13-10-23(36)33(45)43(3)20-17-46-18-20)40-32(41-27)29(44)21-7-4-11-34(30(21)37)12-5-9-25-28(34)22(16-35)31(38)48-25/h10,13,15,19-20,24,36-37,44H,4-9,11-12,14,17-18,38H2,1-3H3,(H,39,40,41)/b13-10-,29-21-,36-23?,37-30?/t19-,24-,34-/m0/s1. The maximum absolute atomic E-state index is 12.7. The van der Waals surface area contributed by atoms with Gasteiger partial charge in [-0.05, 0) is 83.5 Å². The second-order valence-electron chi connectivity index (χ2n) is 13.2. The number of hydrogen-bond donors (Lipinski definition) is 5. The van der Waals surface area contributed by atoms with E-state index in [1.165, 1.54) is 28.5 Å². The Bertz CT molecular complexity index is 1730. The predicted octanol–water partition coefficient (Wildman–Crippen LogP) is 4.40. The number of anilines is 2. The number of thiophene rings is 1. The lowest BCUT2D eigenvalue weighted by atomic mass is 9.60. The number of aryl methyl sites for hydroxylation is 1. The number of ether oxygens (including phenoxy) is 2. The Morgan fingerprint density at radius 3 is 2.75 bits per heavy atom. The number of carbonyl (C=O) groups is 1. The van der Waals surface area contributed by atoms with Crippen molar-refractivity contribution in [1.82, 2.24) is 19.8 Å². The van der Waals surface area contributed by atoms with Gasteiger partial charge in [-0.2, -0.15) is 10.2 Å². The molecule has 1 saturated carbocycles. The molecule has 2 aliphatic heterocycles. The van der Waals surface area contributed by atoms with Gasteiger partial charge in [0.15, 0.2) is 11.6 Å². The molecule has 0 bridgehead atoms. The number of aliphatic hydroxyl groups excluding tert-OH is 1. The molecule has 2 aromatic rings. The van der Waals surface area contributed by atoms with Gasteiger partial charge in [0.2, 0.25) is 5.88 Å². The highest BCUT2D eigenvalue weighted by Gasteiger charge is 2.47. The van der Waals surface area contributed by atoms with Crippen molar-refractivity contribution in [3.63, 3.8) is 0 Å². The van der Waals surface area contributed by atoms with Crippen molar-refractivity contribution in [2.24, 2.45) is 0 Å². The Morgan fingerprint density at radius 1 is 1.33 bits per heavy atom. The van der Waals surface area contributed by atoms with E-state index in [1.807, 2.05) is 6.92 Å². The Morgan fingerprint density at radius 2 is 2.08 bits per heavy atom. The number of nitrogens with zero attached hydrogens (tertiary/aromatic N) is 5. The first kappa shape index (κ1) is 33.6. The third-order valence-electron chi connectivity index (χ3n) is 10.2. The quantitative estimate of drug-likeness (QED) is 0.188. The minimum atomic E-state index is -0.709. The van der Waals surface area contributed by atoms with E-state index in [0.29, 0.717) is 60.9 Å². The molecule has 14 heteroatoms. The Labute approximate surface area is 284 Å². The number of nitrogens with two attached hydrogens (primary N) is 1. The Balaban J connectivity index is 1.32. The summed E-state index contributed by atoms with van der Waals surface area (Å²) < 4.78 is 11.5. The molecule has 6 N–H and O–H groups in total. The molecule has 0 aromatic carbocycles. The fourth-order valence-electron chi connectivity index (χ4n) is 7.49. The first-order valence-corrected chi connectivity index (χ1v) is 17.3. The summed E-state index contributed by atoms with van der Waals surface area (Å²) in [5, 5.41) is 43.0. The number of nitrogens with one attached hydrogen (secondary N) is 3. The third-order valence-corrected chi connectivity index (χ3v) is 11.3. The summed E-state index contributed by atoms with van der Waals surface area (Å²) in [6.07, 6.45) is 8.94. The molecule has 0 radical (unpaired) electrons. The molecule has 2 saturated heterocycles. The molecule has 1 amide bonds. The van der Waals surface area contributed by atoms with Crippen LogP contribution in [0.2, 0.25) is 0 Å². The van der Waals surface area contributed by atoms with Gasteiger partial charge in [-0.25, -0.2) is 4.98 Å². The molecule has 48 heavy (non-hydrogen) atoms. The number of carbonyl (C=O) groups excluding carboxylic acids is 1. The van der Waals surface area contributed by atoms with E-state index in [9.17, 15) is 20.6 Å². The average Bonchev–Trinajstić information content (AvgIpc) is 3.62. The third kappa shape index (κ3) is 6.18. The van der Waals surface area contributed by atoms with Crippen molar-refractivity contribution in [2.45, 2.75) is 81.9 Å². The summed E-state index contributed by atoms with van der Waals surface area (Å²) in [5.74, 6) is -0.0808. The molecule has 4 aliphatic rings. The number of aromatic nitrogens is 2. The van der Waals surface area contributed by atoms with Crippen LogP contribution in [0.3, 0.4) is 0 Å². The minimum Gasteiger partial charge on any atom is -0.504 e. The van der Waals surface area contributed by atoms with E-state index >= 15 is 0 Å². The van der Waals surface area contributed by atoms with Crippen LogP contribution < -0.4 is 15.8 Å². The molecular formula is C34H43N9O4S. The van der Waals surface area contributed by atoms with Crippen LogP contribution in [-0.2, 0) is 21.4 Å². The summed E-state index contributed by atoms with van der Waals surface area (Å²) in [6, 6.07) is 4.07. The zero-order chi connectivity index (χ0) is 34.2. The van der Waals surface area contributed by atoms with Gasteiger partial charge in [0, 0.05) is 46.9 Å². The van der Waals surface area contributed by atoms with Crippen LogP contribution in [0.4, 0.5) is 10.8 Å². The molecule has 1 spiro atoms. The van der Waals surface area contributed by atoms with Gasteiger partial charge in [0.25, 0.3) is 5.91 Å². The van der Waals surface area contributed by atoms with Crippen molar-refractivity contribution in [2.75, 3.05) is 44.9 Å². The smallest absolute Gasteiger partial charge is 0.271 e. The van der Waals surface area contributed by atoms with Gasteiger partial charge in [-0.1, -0.05) is 0 Å². The molecular weight excluding hydrogens is 630 g/mol. The SMILES string of the molecule is C[C@H](Oc1cc(N/C=C\C(=N)C(=O)N(C)C2COC2)nc(/C(O)=C2\CCC[C@@]3(CCCc4sc(N)c(C#N)c43)C2=N)n1)[C@@H]1CCCN1C. The van der Waals surface area contributed by atoms with E-state index in [1.54, 1.807) is 13.1 Å². The van der Waals surface area contributed by atoms with Gasteiger partial charge in [-0.3, -0.25) is 15.1 Å². The Kier molecular flexibility index (Phi) is 9.55.